The molecule has 1 amide bonds. The molecule has 0 unspecified atom stereocenters. The van der Waals surface area contributed by atoms with Gasteiger partial charge in [-0.1, -0.05) is 11.6 Å². The van der Waals surface area contributed by atoms with E-state index in [0.717, 1.165) is 6.20 Å². The predicted molar refractivity (Wildman–Crippen MR) is 116 cm³/mol. The number of aromatic nitrogens is 2. The maximum atomic E-state index is 14.3. The van der Waals surface area contributed by atoms with Gasteiger partial charge in [-0.25, -0.2) is 9.37 Å². The maximum Gasteiger partial charge on any atom is 0.268 e. The van der Waals surface area contributed by atoms with Gasteiger partial charge in [0, 0.05) is 11.4 Å². The van der Waals surface area contributed by atoms with Gasteiger partial charge in [0.05, 0.1) is 16.9 Å². The average Bonchev–Trinajstić information content (AvgIpc) is 2.69. The van der Waals surface area contributed by atoms with Crippen molar-refractivity contribution >= 4 is 46.3 Å². The van der Waals surface area contributed by atoms with Gasteiger partial charge < -0.3 is 25.8 Å². The van der Waals surface area contributed by atoms with Gasteiger partial charge in [0.2, 0.25) is 5.95 Å². The van der Waals surface area contributed by atoms with Crippen LogP contribution in [-0.2, 0) is 4.79 Å². The van der Waals surface area contributed by atoms with E-state index in [0.29, 0.717) is 28.4 Å². The number of aromatic hydroxyl groups is 1. The van der Waals surface area contributed by atoms with Crippen LogP contribution in [0.5, 0.6) is 11.5 Å². The fourth-order valence-electron chi connectivity index (χ4n) is 2.98. The zero-order chi connectivity index (χ0) is 22.3. The number of hydrogen-bond acceptors (Lipinski definition) is 7. The van der Waals surface area contributed by atoms with Gasteiger partial charge in [0.25, 0.3) is 5.91 Å². The number of fused-ring (bicyclic) bond motifs is 1. The minimum absolute atomic E-state index is 0.0125. The van der Waals surface area contributed by atoms with E-state index in [9.17, 15) is 14.3 Å². The molecule has 4 N–H and O–H groups in total. The van der Waals surface area contributed by atoms with Crippen LogP contribution in [0.4, 0.5) is 33.2 Å². The molecule has 0 radical (unpaired) electrons. The largest absolute Gasteiger partial charge is 0.506 e. The third-order valence-corrected chi connectivity index (χ3v) is 4.94. The molecule has 160 valence electrons. The van der Waals surface area contributed by atoms with Crippen molar-refractivity contribution in [2.24, 2.45) is 0 Å². The van der Waals surface area contributed by atoms with E-state index in [2.05, 4.69) is 25.9 Å². The fraction of sp³-hybridized carbons (Fsp3) is 0.190. The standard InChI is InChI=1S/C21H19ClFN5O3/c1-10-6-12(7-13(22)17(10)29)26-20-24-9-14(23)18(28-20)25-11-4-5-16-15(8-11)27-19(30)21(2,3)31-16/h4-9,29H,1-3H3,(H,27,30)(H2,24,25,26,28). The molecular weight excluding hydrogens is 425 g/mol. The summed E-state index contributed by atoms with van der Waals surface area (Å²) in [6.45, 7) is 5.04. The molecule has 4 rings (SSSR count). The van der Waals surface area contributed by atoms with E-state index >= 15 is 0 Å². The summed E-state index contributed by atoms with van der Waals surface area (Å²) in [6, 6.07) is 8.16. The minimum atomic E-state index is -0.975. The van der Waals surface area contributed by atoms with Crippen molar-refractivity contribution in [3.8, 4) is 11.5 Å². The first kappa shape index (κ1) is 20.7. The lowest BCUT2D eigenvalue weighted by molar-refractivity contribution is -0.129. The number of nitrogens with one attached hydrogen (secondary N) is 3. The Hall–Kier alpha value is -3.59. The SMILES string of the molecule is Cc1cc(Nc2ncc(F)c(Nc3ccc4c(c3)NC(=O)C(C)(C)O4)n2)cc(Cl)c1O. The van der Waals surface area contributed by atoms with Crippen molar-refractivity contribution in [2.75, 3.05) is 16.0 Å². The molecular formula is C21H19ClFN5O3. The lowest BCUT2D eigenvalue weighted by Gasteiger charge is -2.31. The van der Waals surface area contributed by atoms with Crippen molar-refractivity contribution in [2.45, 2.75) is 26.4 Å². The zero-order valence-electron chi connectivity index (χ0n) is 16.9. The van der Waals surface area contributed by atoms with E-state index in [-0.39, 0.29) is 28.4 Å². The summed E-state index contributed by atoms with van der Waals surface area (Å²) in [4.78, 5) is 20.2. The summed E-state index contributed by atoms with van der Waals surface area (Å²) in [6.07, 6.45) is 1.03. The number of rotatable bonds is 4. The first-order chi connectivity index (χ1) is 14.6. The molecule has 1 aromatic heterocycles. The predicted octanol–water partition coefficient (Wildman–Crippen LogP) is 4.88. The Balaban J connectivity index is 1.57. The second-order valence-corrected chi connectivity index (χ2v) is 7.95. The second kappa shape index (κ2) is 7.59. The molecule has 1 aliphatic rings. The van der Waals surface area contributed by atoms with E-state index in [1.54, 1.807) is 45.0 Å². The molecule has 0 bridgehead atoms. The molecule has 2 aromatic carbocycles. The number of carbonyl (C=O) groups is 1. The number of aryl methyl sites for hydroxylation is 1. The molecule has 0 atom stereocenters. The Morgan fingerprint density at radius 1 is 1.19 bits per heavy atom. The number of hydrogen-bond donors (Lipinski definition) is 4. The van der Waals surface area contributed by atoms with Crippen molar-refractivity contribution in [1.29, 1.82) is 0 Å². The van der Waals surface area contributed by atoms with Crippen LogP contribution in [0.15, 0.2) is 36.5 Å². The van der Waals surface area contributed by atoms with Gasteiger partial charge in [0.15, 0.2) is 17.2 Å². The topological polar surface area (TPSA) is 108 Å². The maximum absolute atomic E-state index is 14.3. The summed E-state index contributed by atoms with van der Waals surface area (Å²) >= 11 is 5.99. The number of benzene rings is 2. The number of nitrogens with zero attached hydrogens (tertiary/aromatic N) is 2. The van der Waals surface area contributed by atoms with Crippen molar-refractivity contribution in [3.05, 3.63) is 52.9 Å². The van der Waals surface area contributed by atoms with Crippen LogP contribution in [-0.4, -0.2) is 26.6 Å². The zero-order valence-corrected chi connectivity index (χ0v) is 17.6. The van der Waals surface area contributed by atoms with Crippen LogP contribution in [0.1, 0.15) is 19.4 Å². The van der Waals surface area contributed by atoms with E-state index in [1.165, 1.54) is 6.07 Å². The lowest BCUT2D eigenvalue weighted by atomic mass is 10.1. The average molecular weight is 444 g/mol. The molecule has 2 heterocycles. The van der Waals surface area contributed by atoms with Crippen LogP contribution in [0.3, 0.4) is 0 Å². The number of amides is 1. The fourth-order valence-corrected chi connectivity index (χ4v) is 3.24. The molecule has 0 saturated heterocycles. The summed E-state index contributed by atoms with van der Waals surface area (Å²) in [5, 5.41) is 18.5. The van der Waals surface area contributed by atoms with Gasteiger partial charge >= 0.3 is 0 Å². The molecule has 10 heteroatoms. The van der Waals surface area contributed by atoms with Crippen LogP contribution in [0, 0.1) is 12.7 Å². The molecule has 8 nitrogen and oxygen atoms in total. The van der Waals surface area contributed by atoms with Crippen LogP contribution >= 0.6 is 11.6 Å². The van der Waals surface area contributed by atoms with Gasteiger partial charge in [-0.15, -0.1) is 0 Å². The number of phenols is 1. The first-order valence-corrected chi connectivity index (χ1v) is 9.70. The molecule has 0 spiro atoms. The van der Waals surface area contributed by atoms with Gasteiger partial charge in [-0.05, 0) is 56.7 Å². The summed E-state index contributed by atoms with van der Waals surface area (Å²) < 4.78 is 20.0. The molecule has 31 heavy (non-hydrogen) atoms. The highest BCUT2D eigenvalue weighted by atomic mass is 35.5. The van der Waals surface area contributed by atoms with Crippen molar-refractivity contribution in [3.63, 3.8) is 0 Å². The normalized spacial score (nSPS) is 14.3. The minimum Gasteiger partial charge on any atom is -0.506 e. The van der Waals surface area contributed by atoms with Crippen molar-refractivity contribution < 1.29 is 19.0 Å². The van der Waals surface area contributed by atoms with Crippen LogP contribution < -0.4 is 20.7 Å². The molecule has 3 aromatic rings. The van der Waals surface area contributed by atoms with Crippen LogP contribution in [0.25, 0.3) is 0 Å². The number of phenolic OH excluding ortho intramolecular Hbond substituents is 1. The molecule has 0 saturated carbocycles. The number of carbonyl (C=O) groups excluding carboxylic acids is 1. The highest BCUT2D eigenvalue weighted by Gasteiger charge is 2.35. The molecule has 0 aliphatic carbocycles. The number of ether oxygens (including phenoxy) is 1. The highest BCUT2D eigenvalue weighted by Crippen LogP contribution is 2.36. The first-order valence-electron chi connectivity index (χ1n) is 9.32. The smallest absolute Gasteiger partial charge is 0.268 e. The monoisotopic (exact) mass is 443 g/mol. The highest BCUT2D eigenvalue weighted by molar-refractivity contribution is 6.32. The Morgan fingerprint density at radius 2 is 1.97 bits per heavy atom. The Morgan fingerprint density at radius 3 is 2.71 bits per heavy atom. The van der Waals surface area contributed by atoms with Crippen molar-refractivity contribution in [1.82, 2.24) is 9.97 Å². The number of anilines is 5. The van der Waals surface area contributed by atoms with Gasteiger partial charge in [-0.2, -0.15) is 4.98 Å². The molecule has 0 fully saturated rings. The van der Waals surface area contributed by atoms with E-state index in [4.69, 9.17) is 16.3 Å². The Bertz CT molecular complexity index is 1180. The van der Waals surface area contributed by atoms with Gasteiger partial charge in [0.1, 0.15) is 11.5 Å². The van der Waals surface area contributed by atoms with E-state index in [1.807, 2.05) is 0 Å². The van der Waals surface area contributed by atoms with Crippen LogP contribution in [0.2, 0.25) is 5.02 Å². The third kappa shape index (κ3) is 4.17. The molecule has 1 aliphatic heterocycles. The van der Waals surface area contributed by atoms with Gasteiger partial charge in [-0.3, -0.25) is 4.79 Å². The number of halogens is 2. The van der Waals surface area contributed by atoms with E-state index < -0.39 is 11.4 Å². The lowest BCUT2D eigenvalue weighted by Crippen LogP contribution is -2.45. The Kier molecular flexibility index (Phi) is 5.06. The quantitative estimate of drug-likeness (QED) is 0.425. The second-order valence-electron chi connectivity index (χ2n) is 7.54. The summed E-state index contributed by atoms with van der Waals surface area (Å²) in [7, 11) is 0. The third-order valence-electron chi connectivity index (χ3n) is 4.66. The summed E-state index contributed by atoms with van der Waals surface area (Å²) in [5.74, 6) is -0.380. The Labute approximate surface area is 182 Å². The summed E-state index contributed by atoms with van der Waals surface area (Å²) in [5.41, 5.74) is 1.09.